The first-order valence-corrected chi connectivity index (χ1v) is 6.79. The van der Waals surface area contributed by atoms with Crippen molar-refractivity contribution < 1.29 is 8.95 Å². The minimum Gasteiger partial charge on any atom is -0.496 e. The van der Waals surface area contributed by atoms with E-state index in [9.17, 15) is 4.21 Å². The summed E-state index contributed by atoms with van der Waals surface area (Å²) < 4.78 is 17.0. The monoisotopic (exact) mass is 241 g/mol. The molecular weight excluding hydrogens is 222 g/mol. The summed E-state index contributed by atoms with van der Waals surface area (Å²) >= 11 is 0. The topological polar surface area (TPSA) is 52.3 Å². The van der Waals surface area contributed by atoms with Crippen LogP contribution in [0.5, 0.6) is 5.75 Å². The highest BCUT2D eigenvalue weighted by Crippen LogP contribution is 2.22. The summed E-state index contributed by atoms with van der Waals surface area (Å²) in [6.45, 7) is 4.13. The van der Waals surface area contributed by atoms with Gasteiger partial charge < -0.3 is 10.5 Å². The minimum atomic E-state index is -0.857. The Morgan fingerprint density at radius 2 is 2.12 bits per heavy atom. The van der Waals surface area contributed by atoms with E-state index < -0.39 is 10.8 Å². The van der Waals surface area contributed by atoms with Gasteiger partial charge in [0.05, 0.1) is 12.9 Å². The molecule has 1 aromatic rings. The molecule has 0 heterocycles. The number of hydrogen-bond acceptors (Lipinski definition) is 3. The molecule has 4 heteroatoms. The summed E-state index contributed by atoms with van der Waals surface area (Å²) in [6.07, 6.45) is 0. The third-order valence-corrected chi connectivity index (χ3v) is 3.81. The standard InChI is InChI=1S/C12H19NO2S/c1-9(2)7-16(14)8-10-6-11(13)4-5-12(10)15-3/h4-6,9H,7-8,13H2,1-3H3. The number of benzene rings is 1. The van der Waals surface area contributed by atoms with Crippen molar-refractivity contribution in [2.75, 3.05) is 18.6 Å². The smallest absolute Gasteiger partial charge is 0.123 e. The van der Waals surface area contributed by atoms with Crippen molar-refractivity contribution in [2.45, 2.75) is 19.6 Å². The molecule has 1 unspecified atom stereocenters. The Kier molecular flexibility index (Phi) is 4.80. The van der Waals surface area contributed by atoms with Crippen LogP contribution in [0, 0.1) is 5.92 Å². The predicted molar refractivity (Wildman–Crippen MR) is 69.0 cm³/mol. The molecule has 0 bridgehead atoms. The number of nitrogens with two attached hydrogens (primary N) is 1. The molecule has 3 nitrogen and oxygen atoms in total. The Bertz CT molecular complexity index is 377. The number of ether oxygens (including phenoxy) is 1. The fourth-order valence-electron chi connectivity index (χ4n) is 1.52. The summed E-state index contributed by atoms with van der Waals surface area (Å²) in [5.74, 6) is 2.41. The average Bonchev–Trinajstić information content (AvgIpc) is 2.16. The maximum absolute atomic E-state index is 11.8. The van der Waals surface area contributed by atoms with Gasteiger partial charge in [0.1, 0.15) is 5.75 Å². The zero-order chi connectivity index (χ0) is 12.1. The van der Waals surface area contributed by atoms with Gasteiger partial charge in [-0.1, -0.05) is 13.8 Å². The molecular formula is C12H19NO2S. The zero-order valence-corrected chi connectivity index (χ0v) is 10.8. The summed E-state index contributed by atoms with van der Waals surface area (Å²) in [6, 6.07) is 5.43. The van der Waals surface area contributed by atoms with Gasteiger partial charge in [0.15, 0.2) is 0 Å². The van der Waals surface area contributed by atoms with E-state index in [2.05, 4.69) is 13.8 Å². The average molecular weight is 241 g/mol. The van der Waals surface area contributed by atoms with Gasteiger partial charge in [-0.2, -0.15) is 0 Å². The van der Waals surface area contributed by atoms with Crippen LogP contribution in [-0.2, 0) is 16.6 Å². The maximum Gasteiger partial charge on any atom is 0.123 e. The highest BCUT2D eigenvalue weighted by molar-refractivity contribution is 7.84. The quantitative estimate of drug-likeness (QED) is 0.804. The van der Waals surface area contributed by atoms with Crippen LogP contribution in [0.1, 0.15) is 19.4 Å². The second kappa shape index (κ2) is 5.89. The summed E-state index contributed by atoms with van der Waals surface area (Å²) in [5, 5.41) is 0. The van der Waals surface area contributed by atoms with E-state index >= 15 is 0 Å². The van der Waals surface area contributed by atoms with Crippen LogP contribution in [0.25, 0.3) is 0 Å². The van der Waals surface area contributed by atoms with Crippen molar-refractivity contribution in [3.8, 4) is 5.75 Å². The minimum absolute atomic E-state index is 0.438. The lowest BCUT2D eigenvalue weighted by atomic mass is 10.2. The van der Waals surface area contributed by atoms with Gasteiger partial charge in [0.2, 0.25) is 0 Å². The molecule has 0 fully saturated rings. The third kappa shape index (κ3) is 3.85. The van der Waals surface area contributed by atoms with E-state index in [-0.39, 0.29) is 0 Å². The van der Waals surface area contributed by atoms with Crippen LogP contribution in [0.3, 0.4) is 0 Å². The fourth-order valence-corrected chi connectivity index (χ4v) is 2.95. The molecule has 2 N–H and O–H groups in total. The van der Waals surface area contributed by atoms with Crippen LogP contribution in [-0.4, -0.2) is 17.1 Å². The van der Waals surface area contributed by atoms with Crippen molar-refractivity contribution in [2.24, 2.45) is 5.92 Å². The van der Waals surface area contributed by atoms with Crippen molar-refractivity contribution in [3.63, 3.8) is 0 Å². The molecule has 0 saturated heterocycles. The Balaban J connectivity index is 2.79. The van der Waals surface area contributed by atoms with Crippen molar-refractivity contribution in [1.29, 1.82) is 0 Å². The lowest BCUT2D eigenvalue weighted by molar-refractivity contribution is 0.411. The van der Waals surface area contributed by atoms with Crippen LogP contribution in [0.2, 0.25) is 0 Å². The van der Waals surface area contributed by atoms with E-state index in [0.717, 1.165) is 11.3 Å². The first-order valence-electron chi connectivity index (χ1n) is 5.30. The number of rotatable bonds is 5. The molecule has 1 atom stereocenters. The fraction of sp³-hybridized carbons (Fsp3) is 0.500. The second-order valence-electron chi connectivity index (χ2n) is 4.22. The van der Waals surface area contributed by atoms with Gasteiger partial charge in [-0.25, -0.2) is 0 Å². The van der Waals surface area contributed by atoms with Crippen LogP contribution < -0.4 is 10.5 Å². The SMILES string of the molecule is COc1ccc(N)cc1CS(=O)CC(C)C. The number of methoxy groups -OCH3 is 1. The molecule has 0 aliphatic carbocycles. The largest absolute Gasteiger partial charge is 0.496 e. The van der Waals surface area contributed by atoms with Gasteiger partial charge in [0, 0.05) is 27.8 Å². The molecule has 16 heavy (non-hydrogen) atoms. The second-order valence-corrected chi connectivity index (χ2v) is 5.72. The van der Waals surface area contributed by atoms with Gasteiger partial charge in [-0.3, -0.25) is 4.21 Å². The van der Waals surface area contributed by atoms with Crippen molar-refractivity contribution >= 4 is 16.5 Å². The van der Waals surface area contributed by atoms with E-state index in [1.165, 1.54) is 0 Å². The van der Waals surface area contributed by atoms with Gasteiger partial charge in [-0.05, 0) is 24.1 Å². The molecule has 1 aromatic carbocycles. The summed E-state index contributed by atoms with van der Waals surface area (Å²) in [4.78, 5) is 0. The normalized spacial score (nSPS) is 12.8. The highest BCUT2D eigenvalue weighted by Gasteiger charge is 2.09. The molecule has 0 radical (unpaired) electrons. The first-order chi connectivity index (χ1) is 7.52. The molecule has 0 aromatic heterocycles. The Labute approximate surface area is 99.4 Å². The Hall–Kier alpha value is -1.03. The molecule has 90 valence electrons. The summed E-state index contributed by atoms with van der Waals surface area (Å²) in [7, 11) is 0.755. The number of anilines is 1. The molecule has 0 spiro atoms. The van der Waals surface area contributed by atoms with Gasteiger partial charge >= 0.3 is 0 Å². The van der Waals surface area contributed by atoms with E-state index in [0.29, 0.717) is 23.1 Å². The van der Waals surface area contributed by atoms with Crippen molar-refractivity contribution in [3.05, 3.63) is 23.8 Å². The number of nitrogen functional groups attached to an aromatic ring is 1. The van der Waals surface area contributed by atoms with Gasteiger partial charge in [0.25, 0.3) is 0 Å². The Morgan fingerprint density at radius 3 is 2.69 bits per heavy atom. The van der Waals surface area contributed by atoms with Crippen molar-refractivity contribution in [1.82, 2.24) is 0 Å². The van der Waals surface area contributed by atoms with E-state index in [1.807, 2.05) is 12.1 Å². The van der Waals surface area contributed by atoms with E-state index in [1.54, 1.807) is 13.2 Å². The first kappa shape index (κ1) is 13.0. The van der Waals surface area contributed by atoms with Crippen LogP contribution in [0.4, 0.5) is 5.69 Å². The van der Waals surface area contributed by atoms with Crippen LogP contribution in [0.15, 0.2) is 18.2 Å². The summed E-state index contributed by atoms with van der Waals surface area (Å²) in [5.41, 5.74) is 7.30. The third-order valence-electron chi connectivity index (χ3n) is 2.14. The molecule has 1 rings (SSSR count). The highest BCUT2D eigenvalue weighted by atomic mass is 32.2. The van der Waals surface area contributed by atoms with Crippen LogP contribution >= 0.6 is 0 Å². The molecule has 0 aliphatic heterocycles. The Morgan fingerprint density at radius 1 is 1.44 bits per heavy atom. The van der Waals surface area contributed by atoms with E-state index in [4.69, 9.17) is 10.5 Å². The lowest BCUT2D eigenvalue weighted by Gasteiger charge is -2.10. The molecule has 0 aliphatic rings. The molecule has 0 amide bonds. The zero-order valence-electron chi connectivity index (χ0n) is 10.0. The molecule has 0 saturated carbocycles. The predicted octanol–water partition coefficient (Wildman–Crippen LogP) is 2.18. The number of hydrogen-bond donors (Lipinski definition) is 1. The lowest BCUT2D eigenvalue weighted by Crippen LogP contribution is -2.07. The maximum atomic E-state index is 11.8. The van der Waals surface area contributed by atoms with Gasteiger partial charge in [-0.15, -0.1) is 0 Å².